The number of rotatable bonds is 6. The molecule has 0 aromatic heterocycles. The quantitative estimate of drug-likeness (QED) is 0.577. The molecule has 0 heterocycles. The average Bonchev–Trinajstić information content (AvgIpc) is 2.72. The van der Waals surface area contributed by atoms with E-state index in [-0.39, 0.29) is 11.1 Å². The first-order chi connectivity index (χ1) is 13.5. The summed E-state index contributed by atoms with van der Waals surface area (Å²) >= 11 is 0. The van der Waals surface area contributed by atoms with Gasteiger partial charge in [0.15, 0.2) is 0 Å². The van der Waals surface area contributed by atoms with Crippen LogP contribution in [-0.4, -0.2) is 29.3 Å². The number of azo groups is 1. The van der Waals surface area contributed by atoms with Crippen molar-refractivity contribution in [2.24, 2.45) is 10.2 Å². The molecule has 7 heteroatoms. The van der Waals surface area contributed by atoms with Gasteiger partial charge in [0.25, 0.3) is 0 Å². The van der Waals surface area contributed by atoms with E-state index in [9.17, 15) is 14.7 Å². The minimum Gasteiger partial charge on any atom is -0.497 e. The molecule has 0 fully saturated rings. The van der Waals surface area contributed by atoms with Crippen LogP contribution in [0.1, 0.15) is 20.7 Å². The Hall–Kier alpha value is -4.00. The van der Waals surface area contributed by atoms with E-state index in [1.807, 2.05) is 0 Å². The number of benzene rings is 3. The molecule has 140 valence electrons. The van der Waals surface area contributed by atoms with Crippen LogP contribution in [0.5, 0.6) is 5.75 Å². The zero-order chi connectivity index (χ0) is 20.1. The molecule has 0 aliphatic rings. The fourth-order valence-electron chi connectivity index (χ4n) is 2.54. The van der Waals surface area contributed by atoms with Gasteiger partial charge in [-0.3, -0.25) is 0 Å². The normalized spacial score (nSPS) is 10.8. The summed E-state index contributed by atoms with van der Waals surface area (Å²) in [5.74, 6) is -1.41. The summed E-state index contributed by atoms with van der Waals surface area (Å²) in [5, 5.41) is 26.7. The topological polar surface area (TPSA) is 109 Å². The van der Waals surface area contributed by atoms with Crippen LogP contribution < -0.4 is 4.74 Å². The van der Waals surface area contributed by atoms with Crippen molar-refractivity contribution >= 4 is 23.3 Å². The van der Waals surface area contributed by atoms with Crippen molar-refractivity contribution < 1.29 is 24.5 Å². The third-order valence-electron chi connectivity index (χ3n) is 4.03. The second-order valence-corrected chi connectivity index (χ2v) is 5.82. The summed E-state index contributed by atoms with van der Waals surface area (Å²) in [6.45, 7) is 0. The lowest BCUT2D eigenvalue weighted by molar-refractivity contribution is 0.0686. The van der Waals surface area contributed by atoms with Gasteiger partial charge in [-0.2, -0.15) is 5.11 Å². The largest absolute Gasteiger partial charge is 0.497 e. The van der Waals surface area contributed by atoms with E-state index < -0.39 is 11.9 Å². The Morgan fingerprint density at radius 2 is 1.39 bits per heavy atom. The molecule has 0 spiro atoms. The maximum Gasteiger partial charge on any atom is 0.335 e. The Morgan fingerprint density at radius 3 is 1.96 bits per heavy atom. The molecule has 0 radical (unpaired) electrons. The predicted molar refractivity (Wildman–Crippen MR) is 103 cm³/mol. The number of hydrogen-bond donors (Lipinski definition) is 2. The van der Waals surface area contributed by atoms with Gasteiger partial charge in [0.1, 0.15) is 5.75 Å². The van der Waals surface area contributed by atoms with Crippen LogP contribution in [0.15, 0.2) is 77.0 Å². The van der Waals surface area contributed by atoms with Gasteiger partial charge in [0, 0.05) is 5.56 Å². The van der Waals surface area contributed by atoms with E-state index in [0.29, 0.717) is 28.3 Å². The Labute approximate surface area is 160 Å². The first-order valence-electron chi connectivity index (χ1n) is 8.25. The lowest BCUT2D eigenvalue weighted by Crippen LogP contribution is -1.96. The molecule has 0 unspecified atom stereocenters. The molecule has 2 N–H and O–H groups in total. The molecule has 0 atom stereocenters. The Morgan fingerprint density at radius 1 is 0.786 bits per heavy atom. The molecule has 0 saturated carbocycles. The molecule has 0 saturated heterocycles. The van der Waals surface area contributed by atoms with Crippen molar-refractivity contribution in [2.75, 3.05) is 7.11 Å². The van der Waals surface area contributed by atoms with Crippen molar-refractivity contribution in [1.29, 1.82) is 0 Å². The van der Waals surface area contributed by atoms with Crippen molar-refractivity contribution in [3.8, 4) is 16.9 Å². The monoisotopic (exact) mass is 376 g/mol. The van der Waals surface area contributed by atoms with Crippen molar-refractivity contribution in [2.45, 2.75) is 0 Å². The lowest BCUT2D eigenvalue weighted by atomic mass is 10.0. The molecule has 3 aromatic rings. The van der Waals surface area contributed by atoms with Crippen molar-refractivity contribution in [3.05, 3.63) is 77.9 Å². The maximum absolute atomic E-state index is 11.3. The van der Waals surface area contributed by atoms with E-state index in [4.69, 9.17) is 9.84 Å². The van der Waals surface area contributed by atoms with Crippen LogP contribution in [0.3, 0.4) is 0 Å². The lowest BCUT2D eigenvalue weighted by Gasteiger charge is -2.07. The third-order valence-corrected chi connectivity index (χ3v) is 4.03. The Kier molecular flexibility index (Phi) is 5.45. The number of carboxylic acids is 2. The number of aromatic carboxylic acids is 2. The molecule has 0 aliphatic carbocycles. The van der Waals surface area contributed by atoms with Crippen molar-refractivity contribution in [3.63, 3.8) is 0 Å². The van der Waals surface area contributed by atoms with Gasteiger partial charge < -0.3 is 14.9 Å². The van der Waals surface area contributed by atoms with Gasteiger partial charge in [-0.25, -0.2) is 9.59 Å². The fourth-order valence-corrected chi connectivity index (χ4v) is 2.54. The zero-order valence-electron chi connectivity index (χ0n) is 14.9. The number of carboxylic acid groups (broad SMARTS) is 2. The summed E-state index contributed by atoms with van der Waals surface area (Å²) in [6.07, 6.45) is 0. The highest BCUT2D eigenvalue weighted by molar-refractivity contribution is 5.92. The minimum absolute atomic E-state index is 0.0783. The predicted octanol–water partition coefficient (Wildman–Crippen LogP) is 5.17. The molecular weight excluding hydrogens is 360 g/mol. The summed E-state index contributed by atoms with van der Waals surface area (Å²) in [5.41, 5.74) is 2.51. The molecule has 3 rings (SSSR count). The van der Waals surface area contributed by atoms with E-state index >= 15 is 0 Å². The van der Waals surface area contributed by atoms with Gasteiger partial charge in [0.2, 0.25) is 0 Å². The number of ether oxygens (including phenoxy) is 1. The molecule has 0 aliphatic heterocycles. The summed E-state index contributed by atoms with van der Waals surface area (Å²) in [7, 11) is 1.57. The molecule has 0 amide bonds. The highest BCUT2D eigenvalue weighted by atomic mass is 16.5. The summed E-state index contributed by atoms with van der Waals surface area (Å²) in [4.78, 5) is 22.3. The van der Waals surface area contributed by atoms with Crippen molar-refractivity contribution in [1.82, 2.24) is 0 Å². The van der Waals surface area contributed by atoms with Gasteiger partial charge >= 0.3 is 11.9 Å². The second-order valence-electron chi connectivity index (χ2n) is 5.82. The van der Waals surface area contributed by atoms with E-state index in [1.165, 1.54) is 24.3 Å². The minimum atomic E-state index is -1.08. The smallest absolute Gasteiger partial charge is 0.335 e. The first kappa shape index (κ1) is 18.8. The van der Waals surface area contributed by atoms with E-state index in [0.717, 1.165) is 0 Å². The summed E-state index contributed by atoms with van der Waals surface area (Å²) < 4.78 is 5.10. The van der Waals surface area contributed by atoms with Crippen LogP contribution in [0.4, 0.5) is 11.4 Å². The second kappa shape index (κ2) is 8.13. The molecule has 7 nitrogen and oxygen atoms in total. The number of carbonyl (C=O) groups is 2. The van der Waals surface area contributed by atoms with Gasteiger partial charge in [-0.05, 0) is 54.1 Å². The third kappa shape index (κ3) is 4.21. The van der Waals surface area contributed by atoms with Crippen LogP contribution >= 0.6 is 0 Å². The van der Waals surface area contributed by atoms with Crippen LogP contribution in [-0.2, 0) is 0 Å². The average molecular weight is 376 g/mol. The molecule has 3 aromatic carbocycles. The zero-order valence-corrected chi connectivity index (χ0v) is 14.9. The molecular formula is C21H16N2O5. The van der Waals surface area contributed by atoms with Gasteiger partial charge in [0.05, 0.1) is 29.6 Å². The highest BCUT2D eigenvalue weighted by Gasteiger charge is 2.11. The highest BCUT2D eigenvalue weighted by Crippen LogP contribution is 2.33. The SMILES string of the molecule is COc1ccc(N=Nc2cc(C(=O)O)ccc2-c2ccc(C(=O)O)cc2)cc1. The van der Waals surface area contributed by atoms with Gasteiger partial charge in [-0.1, -0.05) is 18.2 Å². The van der Waals surface area contributed by atoms with Crippen LogP contribution in [0, 0.1) is 0 Å². The van der Waals surface area contributed by atoms with Crippen LogP contribution in [0.2, 0.25) is 0 Å². The summed E-state index contributed by atoms with van der Waals surface area (Å²) in [6, 6.07) is 17.7. The van der Waals surface area contributed by atoms with Gasteiger partial charge in [-0.15, -0.1) is 5.11 Å². The number of methoxy groups -OCH3 is 1. The van der Waals surface area contributed by atoms with E-state index in [2.05, 4.69) is 10.2 Å². The molecule has 28 heavy (non-hydrogen) atoms. The maximum atomic E-state index is 11.3. The number of nitrogens with zero attached hydrogens (tertiary/aromatic N) is 2. The standard InChI is InChI=1S/C21H16N2O5/c1-28-17-9-7-16(8-10-17)22-23-19-12-15(21(26)27)6-11-18(19)13-2-4-14(5-3-13)20(24)25/h2-12H,1H3,(H,24,25)(H,26,27). The first-order valence-corrected chi connectivity index (χ1v) is 8.25. The van der Waals surface area contributed by atoms with E-state index in [1.54, 1.807) is 49.6 Å². The number of hydrogen-bond acceptors (Lipinski definition) is 5. The Bertz CT molecular complexity index is 1040. The Balaban J connectivity index is 2.01. The molecule has 0 bridgehead atoms. The fraction of sp³-hybridized carbons (Fsp3) is 0.0476. The van der Waals surface area contributed by atoms with Crippen LogP contribution in [0.25, 0.3) is 11.1 Å².